The van der Waals surface area contributed by atoms with Gasteiger partial charge in [-0.1, -0.05) is 18.2 Å². The Morgan fingerprint density at radius 3 is 2.89 bits per heavy atom. The highest BCUT2D eigenvalue weighted by Crippen LogP contribution is 2.20. The van der Waals surface area contributed by atoms with Gasteiger partial charge in [-0.15, -0.1) is 0 Å². The molecule has 0 aliphatic heterocycles. The van der Waals surface area contributed by atoms with Gasteiger partial charge in [-0.2, -0.15) is 0 Å². The maximum Gasteiger partial charge on any atom is 0.325 e. The topological polar surface area (TPSA) is 73.6 Å². The summed E-state index contributed by atoms with van der Waals surface area (Å²) in [5.74, 6) is 0. The molecule has 5 heteroatoms. The normalized spacial score (nSPS) is 10.7. The largest absolute Gasteiger partial charge is 0.354 e. The molecule has 0 saturated heterocycles. The molecule has 0 unspecified atom stereocenters. The van der Waals surface area contributed by atoms with E-state index in [1.165, 1.54) is 0 Å². The minimum Gasteiger partial charge on any atom is -0.354 e. The molecule has 0 aliphatic rings. The van der Waals surface area contributed by atoms with E-state index < -0.39 is 0 Å². The smallest absolute Gasteiger partial charge is 0.325 e. The van der Waals surface area contributed by atoms with Crippen molar-refractivity contribution in [2.24, 2.45) is 0 Å². The molecule has 3 N–H and O–H groups in total. The van der Waals surface area contributed by atoms with Gasteiger partial charge in [-0.3, -0.25) is 4.98 Å². The van der Waals surface area contributed by atoms with Gasteiger partial charge in [-0.05, 0) is 24.6 Å². The van der Waals surface area contributed by atoms with Crippen molar-refractivity contribution in [1.29, 1.82) is 0 Å². The number of imidazole rings is 1. The predicted molar refractivity (Wildman–Crippen MR) is 71.2 cm³/mol. The SMILES string of the molecule is Cc1ccccc1Nc1cnc2[nH]c(=O)[nH]c2c1. The number of aryl methyl sites for hydroxylation is 1. The maximum atomic E-state index is 11.1. The molecule has 0 aliphatic carbocycles. The number of benzene rings is 1. The fourth-order valence-corrected chi connectivity index (χ4v) is 1.86. The Hall–Kier alpha value is -2.56. The standard InChI is InChI=1S/C13H12N4O/c1-8-4-2-3-5-10(8)15-9-6-11-12(14-7-9)17-13(18)16-11/h2-7,15H,1H3,(H2,14,16,17,18). The number of fused-ring (bicyclic) bond motifs is 1. The number of aromatic amines is 2. The highest BCUT2D eigenvalue weighted by Gasteiger charge is 2.02. The van der Waals surface area contributed by atoms with Gasteiger partial charge >= 0.3 is 5.69 Å². The van der Waals surface area contributed by atoms with E-state index in [0.717, 1.165) is 16.9 Å². The number of para-hydroxylation sites is 1. The monoisotopic (exact) mass is 240 g/mol. The van der Waals surface area contributed by atoms with Crippen molar-refractivity contribution in [3.63, 3.8) is 0 Å². The second kappa shape index (κ2) is 4.03. The molecule has 0 saturated carbocycles. The Balaban J connectivity index is 2.00. The van der Waals surface area contributed by atoms with Gasteiger partial charge in [0.1, 0.15) is 0 Å². The van der Waals surface area contributed by atoms with Crippen LogP contribution in [-0.4, -0.2) is 15.0 Å². The lowest BCUT2D eigenvalue weighted by atomic mass is 10.2. The van der Waals surface area contributed by atoms with Crippen LogP contribution in [0, 0.1) is 6.92 Å². The van der Waals surface area contributed by atoms with Crippen LogP contribution in [0.4, 0.5) is 11.4 Å². The van der Waals surface area contributed by atoms with Crippen molar-refractivity contribution < 1.29 is 0 Å². The summed E-state index contributed by atoms with van der Waals surface area (Å²) in [5.41, 5.74) is 4.03. The van der Waals surface area contributed by atoms with Gasteiger partial charge in [0.25, 0.3) is 0 Å². The summed E-state index contributed by atoms with van der Waals surface area (Å²) in [6, 6.07) is 9.85. The molecular weight excluding hydrogens is 228 g/mol. The quantitative estimate of drug-likeness (QED) is 0.643. The van der Waals surface area contributed by atoms with E-state index in [1.807, 2.05) is 37.3 Å². The molecule has 0 amide bonds. The minimum absolute atomic E-state index is 0.245. The molecule has 1 aromatic carbocycles. The first kappa shape index (κ1) is 10.6. The molecule has 18 heavy (non-hydrogen) atoms. The fraction of sp³-hybridized carbons (Fsp3) is 0.0769. The lowest BCUT2D eigenvalue weighted by Crippen LogP contribution is -1.99. The lowest BCUT2D eigenvalue weighted by molar-refractivity contribution is 1.20. The first-order chi connectivity index (χ1) is 8.72. The zero-order valence-electron chi connectivity index (χ0n) is 9.82. The van der Waals surface area contributed by atoms with Crippen molar-refractivity contribution in [3.05, 3.63) is 52.6 Å². The summed E-state index contributed by atoms with van der Waals surface area (Å²) in [6.45, 7) is 2.03. The lowest BCUT2D eigenvalue weighted by Gasteiger charge is -2.08. The van der Waals surface area contributed by atoms with E-state index in [9.17, 15) is 4.79 Å². The molecule has 0 bridgehead atoms. The number of nitrogens with one attached hydrogen (secondary N) is 3. The highest BCUT2D eigenvalue weighted by atomic mass is 16.1. The highest BCUT2D eigenvalue weighted by molar-refractivity contribution is 5.76. The van der Waals surface area contributed by atoms with Gasteiger partial charge in [0.05, 0.1) is 17.4 Å². The number of pyridine rings is 1. The van der Waals surface area contributed by atoms with Crippen molar-refractivity contribution in [3.8, 4) is 0 Å². The van der Waals surface area contributed by atoms with Crippen molar-refractivity contribution in [2.75, 3.05) is 5.32 Å². The Labute approximate surface area is 103 Å². The minimum atomic E-state index is -0.245. The number of nitrogens with zero attached hydrogens (tertiary/aromatic N) is 1. The van der Waals surface area contributed by atoms with E-state index >= 15 is 0 Å². The summed E-state index contributed by atoms with van der Waals surface area (Å²) >= 11 is 0. The Morgan fingerprint density at radius 2 is 2.06 bits per heavy atom. The van der Waals surface area contributed by atoms with Crippen LogP contribution >= 0.6 is 0 Å². The predicted octanol–water partition coefficient (Wildman–Crippen LogP) is 2.30. The van der Waals surface area contributed by atoms with Crippen LogP contribution in [0.25, 0.3) is 11.2 Å². The van der Waals surface area contributed by atoms with Crippen LogP contribution < -0.4 is 11.0 Å². The summed E-state index contributed by atoms with van der Waals surface area (Å²) in [5, 5.41) is 3.28. The third kappa shape index (κ3) is 1.86. The summed E-state index contributed by atoms with van der Waals surface area (Å²) in [4.78, 5) is 20.6. The van der Waals surface area contributed by atoms with Crippen LogP contribution in [0.15, 0.2) is 41.3 Å². The van der Waals surface area contributed by atoms with Crippen LogP contribution in [-0.2, 0) is 0 Å². The van der Waals surface area contributed by atoms with Gasteiger partial charge in [0.15, 0.2) is 5.65 Å². The molecule has 0 spiro atoms. The summed E-state index contributed by atoms with van der Waals surface area (Å²) in [6.07, 6.45) is 1.69. The van der Waals surface area contributed by atoms with Crippen LogP contribution in [0.2, 0.25) is 0 Å². The van der Waals surface area contributed by atoms with E-state index in [4.69, 9.17) is 0 Å². The second-order valence-electron chi connectivity index (χ2n) is 4.14. The number of H-pyrrole nitrogens is 2. The Morgan fingerprint density at radius 1 is 1.22 bits per heavy atom. The van der Waals surface area contributed by atoms with Gasteiger partial charge < -0.3 is 10.3 Å². The number of anilines is 2. The van der Waals surface area contributed by atoms with Crippen molar-refractivity contribution in [1.82, 2.24) is 15.0 Å². The fourth-order valence-electron chi connectivity index (χ4n) is 1.86. The Bertz CT molecular complexity index is 757. The molecule has 0 radical (unpaired) electrons. The molecule has 5 nitrogen and oxygen atoms in total. The summed E-state index contributed by atoms with van der Waals surface area (Å²) < 4.78 is 0. The average molecular weight is 240 g/mol. The van der Waals surface area contributed by atoms with Gasteiger partial charge in [0, 0.05) is 5.69 Å². The van der Waals surface area contributed by atoms with Crippen molar-refractivity contribution in [2.45, 2.75) is 6.92 Å². The first-order valence-corrected chi connectivity index (χ1v) is 5.63. The molecule has 0 fully saturated rings. The molecule has 3 aromatic rings. The molecular formula is C13H12N4O. The van der Waals surface area contributed by atoms with Crippen LogP contribution in [0.3, 0.4) is 0 Å². The number of hydrogen-bond acceptors (Lipinski definition) is 3. The zero-order valence-corrected chi connectivity index (χ0v) is 9.82. The number of aromatic nitrogens is 3. The first-order valence-electron chi connectivity index (χ1n) is 5.63. The molecule has 0 atom stereocenters. The van der Waals surface area contributed by atoms with Gasteiger partial charge in [0.2, 0.25) is 0 Å². The van der Waals surface area contributed by atoms with E-state index in [0.29, 0.717) is 11.2 Å². The second-order valence-corrected chi connectivity index (χ2v) is 4.14. The van der Waals surface area contributed by atoms with Crippen LogP contribution in [0.5, 0.6) is 0 Å². The molecule has 3 rings (SSSR count). The molecule has 90 valence electrons. The van der Waals surface area contributed by atoms with Gasteiger partial charge in [-0.25, -0.2) is 9.78 Å². The van der Waals surface area contributed by atoms with E-state index in [-0.39, 0.29) is 5.69 Å². The van der Waals surface area contributed by atoms with Crippen LogP contribution in [0.1, 0.15) is 5.56 Å². The average Bonchev–Trinajstić information content (AvgIpc) is 2.71. The third-order valence-corrected chi connectivity index (χ3v) is 2.79. The number of hydrogen-bond donors (Lipinski definition) is 3. The molecule has 2 aromatic heterocycles. The zero-order chi connectivity index (χ0) is 12.5. The van der Waals surface area contributed by atoms with Crippen molar-refractivity contribution >= 4 is 22.5 Å². The van der Waals surface area contributed by atoms with E-state index in [1.54, 1.807) is 6.20 Å². The summed E-state index contributed by atoms with van der Waals surface area (Å²) in [7, 11) is 0. The maximum absolute atomic E-state index is 11.1. The van der Waals surface area contributed by atoms with E-state index in [2.05, 4.69) is 20.3 Å². The number of rotatable bonds is 2. The Kier molecular flexibility index (Phi) is 2.37. The molecule has 2 heterocycles. The third-order valence-electron chi connectivity index (χ3n) is 2.79.